The van der Waals surface area contributed by atoms with E-state index in [4.69, 9.17) is 11.6 Å². The fraction of sp³-hybridized carbons (Fsp3) is 0.355. The monoisotopic (exact) mass is 592 g/mol. The minimum atomic E-state index is -4.02. The lowest BCUT2D eigenvalue weighted by Gasteiger charge is -2.44. The summed E-state index contributed by atoms with van der Waals surface area (Å²) in [5.41, 5.74) is 2.17. The number of halogens is 2. The summed E-state index contributed by atoms with van der Waals surface area (Å²) in [4.78, 5) is 15.5. The van der Waals surface area contributed by atoms with Gasteiger partial charge in [0.05, 0.1) is 29.2 Å². The van der Waals surface area contributed by atoms with Crippen LogP contribution in [0.1, 0.15) is 47.2 Å². The molecule has 41 heavy (non-hydrogen) atoms. The van der Waals surface area contributed by atoms with E-state index in [2.05, 4.69) is 16.3 Å². The number of benzene rings is 3. The third kappa shape index (κ3) is 4.99. The summed E-state index contributed by atoms with van der Waals surface area (Å²) >= 11 is 6.27. The number of carbonyl (C=O) groups excluding carboxylic acids is 1. The minimum Gasteiger partial charge on any atom is -0.348 e. The largest absolute Gasteiger partial charge is 0.348 e. The molecule has 7 nitrogen and oxygen atoms in total. The number of sulfonamides is 1. The van der Waals surface area contributed by atoms with Crippen LogP contribution < -0.4 is 9.62 Å². The number of piperidine rings is 1. The van der Waals surface area contributed by atoms with Gasteiger partial charge in [0.1, 0.15) is 5.82 Å². The van der Waals surface area contributed by atoms with Crippen LogP contribution in [-0.4, -0.2) is 44.9 Å². The molecule has 0 radical (unpaired) electrons. The zero-order valence-corrected chi connectivity index (χ0v) is 24.0. The Bertz CT molecular complexity index is 1630. The first-order valence-corrected chi connectivity index (χ1v) is 15.6. The van der Waals surface area contributed by atoms with Crippen molar-refractivity contribution in [3.8, 4) is 6.07 Å². The predicted molar refractivity (Wildman–Crippen MR) is 155 cm³/mol. The number of likely N-dealkylation sites (tertiary alicyclic amines) is 1. The third-order valence-corrected chi connectivity index (χ3v) is 10.9. The summed E-state index contributed by atoms with van der Waals surface area (Å²) in [7, 11) is -4.02. The molecular weight excluding hydrogens is 563 g/mol. The number of carbonyl (C=O) groups is 1. The maximum atomic E-state index is 14.2. The third-order valence-electron chi connectivity index (χ3n) is 8.73. The molecule has 1 spiro atoms. The van der Waals surface area contributed by atoms with Crippen LogP contribution in [0.5, 0.6) is 0 Å². The van der Waals surface area contributed by atoms with E-state index in [1.165, 1.54) is 24.3 Å². The molecule has 10 heteroatoms. The van der Waals surface area contributed by atoms with Crippen molar-refractivity contribution in [3.05, 3.63) is 94.3 Å². The number of anilines is 1. The van der Waals surface area contributed by atoms with E-state index in [1.807, 2.05) is 24.3 Å². The van der Waals surface area contributed by atoms with Crippen molar-refractivity contribution in [3.63, 3.8) is 0 Å². The summed E-state index contributed by atoms with van der Waals surface area (Å²) in [5, 5.41) is 12.8. The van der Waals surface area contributed by atoms with E-state index in [9.17, 15) is 22.9 Å². The van der Waals surface area contributed by atoms with Crippen molar-refractivity contribution in [2.24, 2.45) is 5.92 Å². The van der Waals surface area contributed by atoms with Crippen molar-refractivity contribution in [1.82, 2.24) is 10.2 Å². The molecule has 1 saturated carbocycles. The molecule has 3 aromatic rings. The lowest BCUT2D eigenvalue weighted by molar-refractivity contribution is 0.0950. The summed E-state index contributed by atoms with van der Waals surface area (Å²) in [6, 6.07) is 19.4. The van der Waals surface area contributed by atoms with Crippen molar-refractivity contribution in [2.45, 2.75) is 48.6 Å². The molecule has 2 fully saturated rings. The van der Waals surface area contributed by atoms with Crippen LogP contribution in [0.4, 0.5) is 10.1 Å². The predicted octanol–water partition coefficient (Wildman–Crippen LogP) is 5.25. The zero-order valence-electron chi connectivity index (χ0n) is 22.4. The Morgan fingerprint density at radius 1 is 1.07 bits per heavy atom. The fourth-order valence-corrected chi connectivity index (χ4v) is 8.55. The molecule has 3 aromatic carbocycles. The molecule has 3 aliphatic rings. The van der Waals surface area contributed by atoms with Crippen LogP contribution in [0.3, 0.4) is 0 Å². The van der Waals surface area contributed by atoms with Gasteiger partial charge in [-0.2, -0.15) is 5.26 Å². The van der Waals surface area contributed by atoms with Gasteiger partial charge in [0, 0.05) is 35.6 Å². The Kier molecular flexibility index (Phi) is 7.26. The number of nitrogens with one attached hydrogen (secondary N) is 1. The van der Waals surface area contributed by atoms with Crippen molar-refractivity contribution < 1.29 is 17.6 Å². The van der Waals surface area contributed by atoms with Gasteiger partial charge in [-0.15, -0.1) is 0 Å². The highest BCUT2D eigenvalue weighted by atomic mass is 35.5. The number of nitriles is 1. The van der Waals surface area contributed by atoms with Crippen LogP contribution in [0, 0.1) is 23.1 Å². The molecule has 1 atom stereocenters. The Morgan fingerprint density at radius 3 is 2.44 bits per heavy atom. The van der Waals surface area contributed by atoms with Crippen LogP contribution in [0.25, 0.3) is 0 Å². The van der Waals surface area contributed by atoms with Gasteiger partial charge in [0.2, 0.25) is 0 Å². The van der Waals surface area contributed by atoms with Crippen molar-refractivity contribution in [2.75, 3.05) is 23.9 Å². The molecule has 1 N–H and O–H groups in total. The van der Waals surface area contributed by atoms with Gasteiger partial charge >= 0.3 is 0 Å². The zero-order chi connectivity index (χ0) is 28.8. The molecule has 1 aliphatic carbocycles. The van der Waals surface area contributed by atoms with Crippen LogP contribution in [0.2, 0.25) is 5.02 Å². The van der Waals surface area contributed by atoms with E-state index in [0.29, 0.717) is 48.7 Å². The summed E-state index contributed by atoms with van der Waals surface area (Å²) in [5.74, 6) is -0.594. The summed E-state index contributed by atoms with van der Waals surface area (Å²) in [6.45, 7) is 1.89. The first kappa shape index (κ1) is 27.7. The van der Waals surface area contributed by atoms with Gasteiger partial charge in [-0.3, -0.25) is 14.0 Å². The maximum absolute atomic E-state index is 14.2. The quantitative estimate of drug-likeness (QED) is 0.378. The van der Waals surface area contributed by atoms with Crippen LogP contribution >= 0.6 is 11.6 Å². The van der Waals surface area contributed by atoms with E-state index in [0.717, 1.165) is 24.0 Å². The van der Waals surface area contributed by atoms with Gasteiger partial charge in [0.15, 0.2) is 0 Å². The van der Waals surface area contributed by atoms with Crippen molar-refractivity contribution >= 4 is 33.2 Å². The number of amides is 1. The average molecular weight is 593 g/mol. The molecule has 1 amide bonds. The normalized spacial score (nSPS) is 20.0. The molecule has 2 heterocycles. The second-order valence-corrected chi connectivity index (χ2v) is 13.4. The Labute approximate surface area is 244 Å². The number of hydrogen-bond acceptors (Lipinski definition) is 5. The van der Waals surface area contributed by atoms with Gasteiger partial charge < -0.3 is 5.32 Å². The highest BCUT2D eigenvalue weighted by Gasteiger charge is 2.60. The number of rotatable bonds is 7. The van der Waals surface area contributed by atoms with Gasteiger partial charge in [-0.1, -0.05) is 29.8 Å². The van der Waals surface area contributed by atoms with Crippen LogP contribution in [-0.2, 0) is 22.0 Å². The SMILES string of the molecule is N#CCN1CCC2(CC1)c1cc(C(=O)NCc3ccccc3Cl)ccc1N(S(=O)(=O)c1ccc(F)cc1)C2C1CC1. The molecular formula is C31H30ClFN4O3S. The van der Waals surface area contributed by atoms with E-state index in [1.54, 1.807) is 22.5 Å². The van der Waals surface area contributed by atoms with E-state index >= 15 is 0 Å². The smallest absolute Gasteiger partial charge is 0.264 e. The van der Waals surface area contributed by atoms with E-state index < -0.39 is 21.3 Å². The number of nitrogens with zero attached hydrogens (tertiary/aromatic N) is 3. The molecule has 1 unspecified atom stereocenters. The first-order chi connectivity index (χ1) is 19.7. The first-order valence-electron chi connectivity index (χ1n) is 13.8. The highest BCUT2D eigenvalue weighted by molar-refractivity contribution is 7.92. The molecule has 212 valence electrons. The number of hydrogen-bond donors (Lipinski definition) is 1. The fourth-order valence-electron chi connectivity index (χ4n) is 6.55. The standard InChI is InChI=1S/C31H30ClFN4O3S/c32-27-4-2-1-3-23(27)20-35-30(38)22-7-12-28-26(19-22)31(13-16-36(17-14-31)18-15-34)29(21-5-6-21)37(28)41(39,40)25-10-8-24(33)9-11-25/h1-4,7-12,19,21,29H,5-6,13-14,16-18,20H2,(H,35,38). The van der Waals surface area contributed by atoms with Gasteiger partial charge in [0.25, 0.3) is 15.9 Å². The maximum Gasteiger partial charge on any atom is 0.264 e. The Hall–Kier alpha value is -3.45. The average Bonchev–Trinajstić information content (AvgIpc) is 3.77. The van der Waals surface area contributed by atoms with Gasteiger partial charge in [-0.05, 0) is 91.3 Å². The lowest BCUT2D eigenvalue weighted by atomic mass is 9.68. The molecule has 1 saturated heterocycles. The topological polar surface area (TPSA) is 93.5 Å². The minimum absolute atomic E-state index is 0.0380. The van der Waals surface area contributed by atoms with Gasteiger partial charge in [-0.25, -0.2) is 12.8 Å². The van der Waals surface area contributed by atoms with Crippen molar-refractivity contribution in [1.29, 1.82) is 5.26 Å². The highest BCUT2D eigenvalue weighted by Crippen LogP contribution is 2.59. The molecule has 2 aliphatic heterocycles. The number of fused-ring (bicyclic) bond motifs is 2. The van der Waals surface area contributed by atoms with E-state index in [-0.39, 0.29) is 29.3 Å². The summed E-state index contributed by atoms with van der Waals surface area (Å²) < 4.78 is 43.7. The second kappa shape index (κ2) is 10.8. The molecule has 0 aromatic heterocycles. The Morgan fingerprint density at radius 2 is 1.78 bits per heavy atom. The summed E-state index contributed by atoms with van der Waals surface area (Å²) in [6.07, 6.45) is 3.18. The lowest BCUT2D eigenvalue weighted by Crippen LogP contribution is -2.53. The molecule has 6 rings (SSSR count). The Balaban J connectivity index is 1.41. The second-order valence-electron chi connectivity index (χ2n) is 11.1. The van der Waals surface area contributed by atoms with Crippen LogP contribution in [0.15, 0.2) is 71.6 Å². The molecule has 0 bridgehead atoms.